The molecule has 0 aliphatic rings. The molecule has 0 saturated heterocycles. The molecule has 0 saturated carbocycles. The van der Waals surface area contributed by atoms with Crippen molar-refractivity contribution in [2.24, 2.45) is 0 Å². The van der Waals surface area contributed by atoms with E-state index in [0.717, 1.165) is 4.90 Å². The van der Waals surface area contributed by atoms with Crippen molar-refractivity contribution in [2.45, 2.75) is 11.1 Å². The van der Waals surface area contributed by atoms with Crippen molar-refractivity contribution in [3.8, 4) is 11.5 Å². The quantitative estimate of drug-likeness (QED) is 0.373. The summed E-state index contributed by atoms with van der Waals surface area (Å²) in [5, 5.41) is 17.4. The van der Waals surface area contributed by atoms with E-state index in [2.05, 4.69) is 4.98 Å². The molecule has 0 unspecified atom stereocenters. The van der Waals surface area contributed by atoms with E-state index >= 15 is 0 Å². The SMILES string of the molecule is COc1cc2c(C(=O)O)cnc(C(=O)c3cccc(SC)c3)c2cc1OC.O=C(O)C(F)(F)F. The second kappa shape index (κ2) is 10.9. The Kier molecular flexibility index (Phi) is 8.46. The first-order valence-electron chi connectivity index (χ1n) is 9.21. The topological polar surface area (TPSA) is 123 Å². The summed E-state index contributed by atoms with van der Waals surface area (Å²) in [6.07, 6.45) is -1.96. The third-order valence-corrected chi connectivity index (χ3v) is 5.14. The summed E-state index contributed by atoms with van der Waals surface area (Å²) in [6, 6.07) is 10.3. The lowest BCUT2D eigenvalue weighted by Crippen LogP contribution is -2.21. The lowest BCUT2D eigenvalue weighted by molar-refractivity contribution is -0.192. The summed E-state index contributed by atoms with van der Waals surface area (Å²) >= 11 is 1.53. The zero-order valence-corrected chi connectivity index (χ0v) is 18.8. The van der Waals surface area contributed by atoms with Crippen LogP contribution in [0.5, 0.6) is 11.5 Å². The molecule has 0 radical (unpaired) electrons. The van der Waals surface area contributed by atoms with E-state index in [9.17, 15) is 27.9 Å². The number of hydrogen-bond donors (Lipinski definition) is 2. The molecule has 0 aliphatic heterocycles. The van der Waals surface area contributed by atoms with Gasteiger partial charge in [0.15, 0.2) is 11.5 Å². The Balaban J connectivity index is 0.000000509. The van der Waals surface area contributed by atoms with Crippen molar-refractivity contribution in [2.75, 3.05) is 20.5 Å². The van der Waals surface area contributed by atoms with Crippen LogP contribution in [-0.2, 0) is 4.79 Å². The number of carbonyl (C=O) groups is 3. The fraction of sp³-hybridized carbons (Fsp3) is 0.182. The van der Waals surface area contributed by atoms with Crippen LogP contribution in [0.25, 0.3) is 10.8 Å². The largest absolute Gasteiger partial charge is 0.493 e. The van der Waals surface area contributed by atoms with Gasteiger partial charge in [-0.05, 0) is 30.5 Å². The van der Waals surface area contributed by atoms with E-state index in [-0.39, 0.29) is 17.0 Å². The van der Waals surface area contributed by atoms with Gasteiger partial charge in [-0.1, -0.05) is 12.1 Å². The molecule has 0 bridgehead atoms. The molecule has 0 spiro atoms. The van der Waals surface area contributed by atoms with Crippen molar-refractivity contribution in [3.05, 3.63) is 59.4 Å². The number of methoxy groups -OCH3 is 2. The van der Waals surface area contributed by atoms with Gasteiger partial charge in [0, 0.05) is 27.4 Å². The van der Waals surface area contributed by atoms with E-state index in [0.29, 0.717) is 27.8 Å². The van der Waals surface area contributed by atoms with E-state index < -0.39 is 18.1 Å². The molecule has 0 fully saturated rings. The van der Waals surface area contributed by atoms with E-state index in [1.54, 1.807) is 30.3 Å². The van der Waals surface area contributed by atoms with Gasteiger partial charge in [-0.2, -0.15) is 13.2 Å². The van der Waals surface area contributed by atoms with Gasteiger partial charge in [0.25, 0.3) is 0 Å². The number of ether oxygens (including phenoxy) is 2. The van der Waals surface area contributed by atoms with Crippen LogP contribution < -0.4 is 9.47 Å². The highest BCUT2D eigenvalue weighted by atomic mass is 32.2. The Hall–Kier alpha value is -3.80. The van der Waals surface area contributed by atoms with Crippen LogP contribution in [-0.4, -0.2) is 59.6 Å². The lowest BCUT2D eigenvalue weighted by Gasteiger charge is -2.13. The van der Waals surface area contributed by atoms with Crippen molar-refractivity contribution in [3.63, 3.8) is 0 Å². The van der Waals surface area contributed by atoms with Crippen LogP contribution in [0.3, 0.4) is 0 Å². The third-order valence-electron chi connectivity index (χ3n) is 4.41. The molecule has 2 aromatic carbocycles. The van der Waals surface area contributed by atoms with Gasteiger partial charge in [0.1, 0.15) is 5.69 Å². The second-order valence-corrected chi connectivity index (χ2v) is 7.32. The first-order valence-corrected chi connectivity index (χ1v) is 10.4. The summed E-state index contributed by atoms with van der Waals surface area (Å²) in [7, 11) is 2.94. The number of nitrogens with zero attached hydrogens (tertiary/aromatic N) is 1. The zero-order chi connectivity index (χ0) is 25.6. The molecular weight excluding hydrogens is 479 g/mol. The number of carboxylic acids is 2. The summed E-state index contributed by atoms with van der Waals surface area (Å²) in [5.41, 5.74) is 0.628. The molecule has 0 atom stereocenters. The molecule has 180 valence electrons. The van der Waals surface area contributed by atoms with E-state index in [1.807, 2.05) is 12.3 Å². The number of carbonyl (C=O) groups excluding carboxylic acids is 1. The van der Waals surface area contributed by atoms with Gasteiger partial charge < -0.3 is 19.7 Å². The number of benzene rings is 2. The van der Waals surface area contributed by atoms with Gasteiger partial charge >= 0.3 is 18.1 Å². The van der Waals surface area contributed by atoms with Gasteiger partial charge in [0.2, 0.25) is 5.78 Å². The number of aromatic nitrogens is 1. The molecule has 2 N–H and O–H groups in total. The highest BCUT2D eigenvalue weighted by Crippen LogP contribution is 2.35. The number of fused-ring (bicyclic) bond motifs is 1. The van der Waals surface area contributed by atoms with Crippen LogP contribution in [0.1, 0.15) is 26.4 Å². The number of alkyl halides is 3. The van der Waals surface area contributed by atoms with Gasteiger partial charge in [0.05, 0.1) is 19.8 Å². The Morgan fingerprint density at radius 3 is 2.00 bits per heavy atom. The summed E-state index contributed by atoms with van der Waals surface area (Å²) < 4.78 is 42.3. The minimum Gasteiger partial charge on any atom is -0.493 e. The minimum absolute atomic E-state index is 0.0135. The molecule has 1 heterocycles. The van der Waals surface area contributed by atoms with E-state index in [1.165, 1.54) is 32.2 Å². The first kappa shape index (κ1) is 26.5. The molecule has 3 rings (SSSR count). The molecule has 1 aromatic heterocycles. The average Bonchev–Trinajstić information content (AvgIpc) is 2.81. The van der Waals surface area contributed by atoms with Gasteiger partial charge in [-0.25, -0.2) is 9.59 Å². The maximum atomic E-state index is 13.1. The number of aromatic carboxylic acids is 1. The lowest BCUT2D eigenvalue weighted by atomic mass is 9.99. The number of rotatable bonds is 6. The molecule has 0 aliphatic carbocycles. The minimum atomic E-state index is -5.08. The number of halogens is 3. The maximum absolute atomic E-state index is 13.1. The van der Waals surface area contributed by atoms with Crippen LogP contribution in [0.4, 0.5) is 13.2 Å². The molecule has 8 nitrogen and oxygen atoms in total. The molecule has 34 heavy (non-hydrogen) atoms. The van der Waals surface area contributed by atoms with Crippen LogP contribution >= 0.6 is 11.8 Å². The van der Waals surface area contributed by atoms with Crippen LogP contribution in [0.15, 0.2) is 47.5 Å². The second-order valence-electron chi connectivity index (χ2n) is 6.44. The van der Waals surface area contributed by atoms with Crippen molar-refractivity contribution in [1.82, 2.24) is 4.98 Å². The van der Waals surface area contributed by atoms with E-state index in [4.69, 9.17) is 19.4 Å². The first-order chi connectivity index (χ1) is 15.9. The number of pyridine rings is 1. The predicted octanol–water partition coefficient (Wildman–Crippen LogP) is 4.54. The molecule has 0 amide bonds. The summed E-state index contributed by atoms with van der Waals surface area (Å²) in [6.45, 7) is 0. The fourth-order valence-electron chi connectivity index (χ4n) is 2.82. The Labute approximate surface area is 195 Å². The number of aliphatic carboxylic acids is 1. The molecule has 3 aromatic rings. The normalized spacial score (nSPS) is 10.8. The van der Waals surface area contributed by atoms with Crippen LogP contribution in [0, 0.1) is 0 Å². The monoisotopic (exact) mass is 497 g/mol. The molecule has 12 heteroatoms. The Morgan fingerprint density at radius 1 is 0.971 bits per heavy atom. The number of carboxylic acid groups (broad SMARTS) is 2. The van der Waals surface area contributed by atoms with Crippen molar-refractivity contribution >= 4 is 40.3 Å². The highest BCUT2D eigenvalue weighted by Gasteiger charge is 2.38. The summed E-state index contributed by atoms with van der Waals surface area (Å²) in [5.74, 6) is -3.42. The van der Waals surface area contributed by atoms with Crippen molar-refractivity contribution < 1.29 is 47.2 Å². The number of hydrogen-bond acceptors (Lipinski definition) is 7. The standard InChI is InChI=1S/C20H17NO5S.C2HF3O2/c1-25-16-8-13-14(9-17(16)26-2)18(21-10-15(13)20(23)24)19(22)11-5-4-6-12(7-11)27-3;3-2(4,5)1(6)7/h4-10H,1-3H3,(H,23,24);(H,6,7). The van der Waals surface area contributed by atoms with Gasteiger partial charge in [-0.3, -0.25) is 9.78 Å². The maximum Gasteiger partial charge on any atom is 0.490 e. The number of thioether (sulfide) groups is 1. The Morgan fingerprint density at radius 2 is 1.53 bits per heavy atom. The smallest absolute Gasteiger partial charge is 0.490 e. The molecular formula is C22H18F3NO7S. The van der Waals surface area contributed by atoms with Gasteiger partial charge in [-0.15, -0.1) is 11.8 Å². The average molecular weight is 497 g/mol. The predicted molar refractivity (Wildman–Crippen MR) is 117 cm³/mol. The fourth-order valence-corrected chi connectivity index (χ4v) is 3.28. The Bertz CT molecular complexity index is 1250. The highest BCUT2D eigenvalue weighted by molar-refractivity contribution is 7.98. The third kappa shape index (κ3) is 5.95. The van der Waals surface area contributed by atoms with Crippen LogP contribution in [0.2, 0.25) is 0 Å². The zero-order valence-electron chi connectivity index (χ0n) is 18.0. The van der Waals surface area contributed by atoms with Crippen molar-refractivity contribution in [1.29, 1.82) is 0 Å². The summed E-state index contributed by atoms with van der Waals surface area (Å²) in [4.78, 5) is 38.7. The number of ketones is 1.